The summed E-state index contributed by atoms with van der Waals surface area (Å²) >= 11 is 5.30. The molecule has 4 heterocycles. The summed E-state index contributed by atoms with van der Waals surface area (Å²) < 4.78 is 14.7. The van der Waals surface area contributed by atoms with Gasteiger partial charge in [-0.1, -0.05) is 17.8 Å². The second-order valence-electron chi connectivity index (χ2n) is 7.88. The monoisotopic (exact) mass is 560 g/mol. The quantitative estimate of drug-likeness (QED) is 0.332. The molecular formula is C24H17FN2O5S4. The average Bonchev–Trinajstić information content (AvgIpc) is 3.34. The number of β-lactam (4-membered cyclic amide) rings is 1. The zero-order chi connectivity index (χ0) is 25.4. The van der Waals surface area contributed by atoms with E-state index in [0.29, 0.717) is 25.6 Å². The van der Waals surface area contributed by atoms with Crippen LogP contribution in [0.15, 0.2) is 73.5 Å². The van der Waals surface area contributed by atoms with Crippen molar-refractivity contribution in [3.05, 3.63) is 85.5 Å². The normalized spacial score (nSPS) is 19.5. The standard InChI is InChI=1S/C24H17FN2O5S4/c25-13-3-4-15-16(28)10-19(36-17(15)8-13)34-7-5-12-11-35-23-20(22(30)27(23)21(12)24(31)32)26-18(29)9-14-2-1-6-33-14/h1-8,10,20,23H,9,11H2,(H,26,29)(H,31,32)/t20?,23-/m1/s1. The van der Waals surface area contributed by atoms with Crippen molar-refractivity contribution in [3.8, 4) is 0 Å². The summed E-state index contributed by atoms with van der Waals surface area (Å²) in [6.45, 7) is 0. The highest BCUT2D eigenvalue weighted by Gasteiger charge is 2.53. The van der Waals surface area contributed by atoms with Gasteiger partial charge in [0.1, 0.15) is 22.9 Å². The van der Waals surface area contributed by atoms with Crippen LogP contribution in [0.25, 0.3) is 10.1 Å². The number of fused-ring (bicyclic) bond motifs is 2. The highest BCUT2D eigenvalue weighted by Crippen LogP contribution is 2.41. The van der Waals surface area contributed by atoms with Gasteiger partial charge in [0, 0.05) is 26.8 Å². The Hall–Kier alpha value is -2.93. The minimum Gasteiger partial charge on any atom is -0.477 e. The van der Waals surface area contributed by atoms with Gasteiger partial charge in [-0.3, -0.25) is 19.3 Å². The Morgan fingerprint density at radius 3 is 2.83 bits per heavy atom. The van der Waals surface area contributed by atoms with Crippen LogP contribution in [-0.4, -0.2) is 45.0 Å². The zero-order valence-corrected chi connectivity index (χ0v) is 21.6. The number of halogens is 1. The summed E-state index contributed by atoms with van der Waals surface area (Å²) in [6, 6.07) is 8.38. The largest absolute Gasteiger partial charge is 0.477 e. The van der Waals surface area contributed by atoms with Crippen molar-refractivity contribution >= 4 is 74.1 Å². The molecule has 0 saturated carbocycles. The number of hydrogen-bond acceptors (Lipinski definition) is 8. The van der Waals surface area contributed by atoms with E-state index in [4.69, 9.17) is 0 Å². The minimum absolute atomic E-state index is 0.113. The summed E-state index contributed by atoms with van der Waals surface area (Å²) in [4.78, 5) is 51.6. The Kier molecular flexibility index (Phi) is 7.02. The van der Waals surface area contributed by atoms with E-state index in [1.54, 1.807) is 11.5 Å². The molecule has 0 aliphatic carbocycles. The van der Waals surface area contributed by atoms with Crippen LogP contribution < -0.4 is 10.7 Å². The van der Waals surface area contributed by atoms with Gasteiger partial charge in [-0.05, 0) is 46.7 Å². The Labute approximate surface area is 220 Å². The van der Waals surface area contributed by atoms with E-state index in [9.17, 15) is 28.7 Å². The van der Waals surface area contributed by atoms with Gasteiger partial charge < -0.3 is 10.4 Å². The van der Waals surface area contributed by atoms with Gasteiger partial charge >= 0.3 is 5.97 Å². The third-order valence-corrected chi connectivity index (χ3v) is 9.77. The molecule has 2 aliphatic heterocycles. The number of amides is 2. The van der Waals surface area contributed by atoms with Crippen LogP contribution in [0.1, 0.15) is 4.88 Å². The number of thiophene rings is 1. The number of carbonyl (C=O) groups is 3. The number of benzene rings is 1. The maximum absolute atomic E-state index is 13.6. The van der Waals surface area contributed by atoms with Crippen molar-refractivity contribution in [2.24, 2.45) is 0 Å². The number of aliphatic carboxylic acids is 1. The molecule has 184 valence electrons. The van der Waals surface area contributed by atoms with Gasteiger partial charge in [0.25, 0.3) is 5.91 Å². The second-order valence-corrected chi connectivity index (χ2v) is 12.3. The Morgan fingerprint density at radius 2 is 2.08 bits per heavy atom. The molecule has 1 fully saturated rings. The topological polar surface area (TPSA) is 104 Å². The highest BCUT2D eigenvalue weighted by molar-refractivity contribution is 8.04. The van der Waals surface area contributed by atoms with E-state index in [-0.39, 0.29) is 23.5 Å². The van der Waals surface area contributed by atoms with Crippen molar-refractivity contribution in [2.75, 3.05) is 5.75 Å². The molecule has 1 aromatic carbocycles. The first-order valence-electron chi connectivity index (χ1n) is 10.6. The Bertz CT molecular complexity index is 1500. The van der Waals surface area contributed by atoms with Crippen LogP contribution >= 0.6 is 46.2 Å². The van der Waals surface area contributed by atoms with Crippen molar-refractivity contribution in [1.82, 2.24) is 10.2 Å². The third-order valence-electron chi connectivity index (χ3n) is 5.55. The van der Waals surface area contributed by atoms with Gasteiger partial charge in [0.15, 0.2) is 5.43 Å². The van der Waals surface area contributed by atoms with Crippen LogP contribution in [0.4, 0.5) is 4.39 Å². The molecule has 1 unspecified atom stereocenters. The van der Waals surface area contributed by atoms with E-state index in [2.05, 4.69) is 5.32 Å². The first-order chi connectivity index (χ1) is 17.3. The summed E-state index contributed by atoms with van der Waals surface area (Å²) in [7, 11) is 0. The van der Waals surface area contributed by atoms with E-state index < -0.39 is 29.1 Å². The molecule has 3 aromatic rings. The smallest absolute Gasteiger partial charge is 0.352 e. The SMILES string of the molecule is O=C(Cc1cccs1)NC1C(=O)N2C(C(=O)O)=C(C=CSc3cc(=O)c4ccc(F)cc4s3)CS[C@H]12. The first-order valence-corrected chi connectivity index (χ1v) is 14.2. The number of thioether (sulfide) groups is 2. The molecule has 36 heavy (non-hydrogen) atoms. The number of nitrogens with zero attached hydrogens (tertiary/aromatic N) is 1. The molecule has 2 N–H and O–H groups in total. The highest BCUT2D eigenvalue weighted by atomic mass is 32.2. The first kappa shape index (κ1) is 24.8. The number of hydrogen-bond donors (Lipinski definition) is 2. The van der Waals surface area contributed by atoms with E-state index in [1.807, 2.05) is 17.5 Å². The predicted molar refractivity (Wildman–Crippen MR) is 141 cm³/mol. The molecule has 2 aromatic heterocycles. The fourth-order valence-electron chi connectivity index (χ4n) is 3.92. The number of carbonyl (C=O) groups excluding carboxylic acids is 2. The van der Waals surface area contributed by atoms with Crippen molar-refractivity contribution < 1.29 is 23.9 Å². The Morgan fingerprint density at radius 1 is 1.25 bits per heavy atom. The molecule has 2 aliphatic rings. The van der Waals surface area contributed by atoms with Crippen LogP contribution in [0, 0.1) is 5.82 Å². The predicted octanol–water partition coefficient (Wildman–Crippen LogP) is 4.05. The molecular weight excluding hydrogens is 544 g/mol. The summed E-state index contributed by atoms with van der Waals surface area (Å²) in [5, 5.41) is 16.0. The minimum atomic E-state index is -1.23. The fourth-order valence-corrected chi connectivity index (χ4v) is 7.94. The molecule has 0 spiro atoms. The third kappa shape index (κ3) is 4.85. The van der Waals surface area contributed by atoms with Crippen LogP contribution in [0.5, 0.6) is 0 Å². The fraction of sp³-hybridized carbons (Fsp3) is 0.167. The lowest BCUT2D eigenvalue weighted by atomic mass is 10.0. The van der Waals surface area contributed by atoms with E-state index in [0.717, 1.165) is 4.88 Å². The number of rotatable bonds is 7. The van der Waals surface area contributed by atoms with Crippen molar-refractivity contribution in [1.29, 1.82) is 0 Å². The molecule has 2 atom stereocenters. The van der Waals surface area contributed by atoms with Gasteiger partial charge in [-0.2, -0.15) is 0 Å². The Balaban J connectivity index is 1.30. The van der Waals surface area contributed by atoms with Crippen molar-refractivity contribution in [2.45, 2.75) is 22.0 Å². The second kappa shape index (κ2) is 10.2. The van der Waals surface area contributed by atoms with Crippen molar-refractivity contribution in [3.63, 3.8) is 0 Å². The van der Waals surface area contributed by atoms with E-state index in [1.165, 1.54) is 75.4 Å². The molecule has 0 radical (unpaired) electrons. The molecule has 2 amide bonds. The van der Waals surface area contributed by atoms with Gasteiger partial charge in [-0.15, -0.1) is 34.4 Å². The molecule has 0 bridgehead atoms. The van der Waals surface area contributed by atoms with Crippen LogP contribution in [0.3, 0.4) is 0 Å². The number of carboxylic acid groups (broad SMARTS) is 1. The molecule has 5 rings (SSSR count). The molecule has 7 nitrogen and oxygen atoms in total. The molecule has 1 saturated heterocycles. The summed E-state index contributed by atoms with van der Waals surface area (Å²) in [5.74, 6) is -2.07. The van der Waals surface area contributed by atoms with Gasteiger partial charge in [-0.25, -0.2) is 9.18 Å². The lowest BCUT2D eigenvalue weighted by Gasteiger charge is -2.49. The maximum Gasteiger partial charge on any atom is 0.352 e. The number of nitrogens with one attached hydrogen (secondary N) is 1. The molecule has 12 heteroatoms. The number of allylic oxidation sites excluding steroid dienone is 1. The maximum atomic E-state index is 13.6. The summed E-state index contributed by atoms with van der Waals surface area (Å²) in [6.07, 6.45) is 1.78. The van der Waals surface area contributed by atoms with Crippen LogP contribution in [-0.2, 0) is 20.8 Å². The lowest BCUT2D eigenvalue weighted by molar-refractivity contribution is -0.150. The number of carboxylic acids is 1. The van der Waals surface area contributed by atoms with E-state index >= 15 is 0 Å². The average molecular weight is 561 g/mol. The van der Waals surface area contributed by atoms with Crippen LogP contribution in [0.2, 0.25) is 0 Å². The lowest BCUT2D eigenvalue weighted by Crippen LogP contribution is -2.70. The van der Waals surface area contributed by atoms with Gasteiger partial charge in [0.05, 0.1) is 10.6 Å². The van der Waals surface area contributed by atoms with Gasteiger partial charge in [0.2, 0.25) is 5.91 Å². The zero-order valence-electron chi connectivity index (χ0n) is 18.3. The summed E-state index contributed by atoms with van der Waals surface area (Å²) in [5.41, 5.74) is 0.116.